The van der Waals surface area contributed by atoms with Gasteiger partial charge in [-0.3, -0.25) is 0 Å². The number of ether oxygens (including phenoxy) is 1. The van der Waals surface area contributed by atoms with Crippen molar-refractivity contribution in [1.29, 1.82) is 0 Å². The van der Waals surface area contributed by atoms with Crippen molar-refractivity contribution in [3.05, 3.63) is 57.1 Å². The molecule has 0 bridgehead atoms. The van der Waals surface area contributed by atoms with Gasteiger partial charge < -0.3 is 4.74 Å². The quantitative estimate of drug-likeness (QED) is 0.605. The molecule has 8 heteroatoms. The van der Waals surface area contributed by atoms with Crippen LogP contribution in [0.1, 0.15) is 16.7 Å². The zero-order valence-electron chi connectivity index (χ0n) is 14.8. The molecule has 2 aromatic rings. The molecule has 26 heavy (non-hydrogen) atoms. The number of thioether (sulfide) groups is 1. The van der Waals surface area contributed by atoms with Crippen molar-refractivity contribution in [2.24, 2.45) is 0 Å². The van der Waals surface area contributed by atoms with E-state index in [2.05, 4.69) is 4.72 Å². The van der Waals surface area contributed by atoms with Crippen LogP contribution in [0.3, 0.4) is 0 Å². The molecule has 0 saturated carbocycles. The van der Waals surface area contributed by atoms with Crippen molar-refractivity contribution < 1.29 is 13.2 Å². The fourth-order valence-electron chi connectivity index (χ4n) is 2.45. The summed E-state index contributed by atoms with van der Waals surface area (Å²) in [6, 6.07) is 8.62. The van der Waals surface area contributed by atoms with Gasteiger partial charge in [0.2, 0.25) is 10.0 Å². The average molecular weight is 434 g/mol. The molecular weight excluding hydrogens is 413 g/mol. The Hall–Kier alpha value is -0.920. The molecule has 2 rings (SSSR count). The smallest absolute Gasteiger partial charge is 0.240 e. The predicted molar refractivity (Wildman–Crippen MR) is 110 cm³/mol. The van der Waals surface area contributed by atoms with Gasteiger partial charge in [0.15, 0.2) is 0 Å². The predicted octanol–water partition coefficient (Wildman–Crippen LogP) is 4.83. The average Bonchev–Trinajstić information content (AvgIpc) is 2.59. The van der Waals surface area contributed by atoms with Crippen LogP contribution in [0.4, 0.5) is 0 Å². The largest absolute Gasteiger partial charge is 0.496 e. The number of sulfonamides is 1. The van der Waals surface area contributed by atoms with Gasteiger partial charge in [0.25, 0.3) is 0 Å². The standard InChI is InChI=1S/C18H21Cl2NO3S2/c1-12-13(2)18(8-7-17(12)24-3)26(22,23)21-9-10-25-11-14-15(19)5-4-6-16(14)20/h4-8,21H,9-11H2,1-3H3. The number of hydrogen-bond donors (Lipinski definition) is 1. The third kappa shape index (κ3) is 5.08. The molecule has 0 heterocycles. The Kier molecular flexibility index (Phi) is 7.67. The number of halogens is 2. The van der Waals surface area contributed by atoms with E-state index < -0.39 is 10.0 Å². The summed E-state index contributed by atoms with van der Waals surface area (Å²) >= 11 is 13.8. The van der Waals surface area contributed by atoms with Crippen molar-refractivity contribution in [2.75, 3.05) is 19.4 Å². The second kappa shape index (κ2) is 9.33. The fraction of sp³-hybridized carbons (Fsp3) is 0.333. The molecule has 0 radical (unpaired) electrons. The summed E-state index contributed by atoms with van der Waals surface area (Å²) in [7, 11) is -2.00. The highest BCUT2D eigenvalue weighted by atomic mass is 35.5. The summed E-state index contributed by atoms with van der Waals surface area (Å²) in [6.45, 7) is 3.94. The highest BCUT2D eigenvalue weighted by Gasteiger charge is 2.19. The maximum atomic E-state index is 12.5. The summed E-state index contributed by atoms with van der Waals surface area (Å²) in [6.07, 6.45) is 0. The van der Waals surface area contributed by atoms with Crippen molar-refractivity contribution >= 4 is 45.0 Å². The van der Waals surface area contributed by atoms with Gasteiger partial charge in [-0.2, -0.15) is 11.8 Å². The van der Waals surface area contributed by atoms with Crippen molar-refractivity contribution in [3.63, 3.8) is 0 Å². The van der Waals surface area contributed by atoms with Gasteiger partial charge in [-0.05, 0) is 54.8 Å². The van der Waals surface area contributed by atoms with E-state index in [0.717, 1.165) is 11.1 Å². The summed E-state index contributed by atoms with van der Waals surface area (Å²) in [5.41, 5.74) is 2.37. The van der Waals surface area contributed by atoms with E-state index in [-0.39, 0.29) is 4.90 Å². The molecule has 142 valence electrons. The lowest BCUT2D eigenvalue weighted by atomic mass is 10.1. The van der Waals surface area contributed by atoms with Crippen LogP contribution in [0, 0.1) is 13.8 Å². The Labute approximate surface area is 169 Å². The minimum Gasteiger partial charge on any atom is -0.496 e. The van der Waals surface area contributed by atoms with Crippen molar-refractivity contribution in [1.82, 2.24) is 4.72 Å². The third-order valence-corrected chi connectivity index (χ3v) is 7.34. The monoisotopic (exact) mass is 433 g/mol. The number of nitrogens with one attached hydrogen (secondary N) is 1. The minimum absolute atomic E-state index is 0.273. The van der Waals surface area contributed by atoms with E-state index in [1.807, 2.05) is 6.92 Å². The topological polar surface area (TPSA) is 55.4 Å². The molecule has 0 spiro atoms. The summed E-state index contributed by atoms with van der Waals surface area (Å²) in [5.74, 6) is 1.91. The molecule has 1 N–H and O–H groups in total. The number of methoxy groups -OCH3 is 1. The molecule has 2 aromatic carbocycles. The lowest BCUT2D eigenvalue weighted by Crippen LogP contribution is -2.27. The van der Waals surface area contributed by atoms with Crippen LogP contribution < -0.4 is 9.46 Å². The molecule has 0 atom stereocenters. The van der Waals surface area contributed by atoms with Gasteiger partial charge in [0, 0.05) is 28.1 Å². The van der Waals surface area contributed by atoms with E-state index in [0.29, 0.717) is 39.4 Å². The maximum absolute atomic E-state index is 12.5. The second-order valence-corrected chi connectivity index (χ2v) is 9.32. The first-order valence-electron chi connectivity index (χ1n) is 7.92. The Morgan fingerprint density at radius 1 is 1.08 bits per heavy atom. The first kappa shape index (κ1) is 21.4. The third-order valence-electron chi connectivity index (χ3n) is 4.04. The van der Waals surface area contributed by atoms with Crippen molar-refractivity contribution in [3.8, 4) is 5.75 Å². The van der Waals surface area contributed by atoms with Gasteiger partial charge in [-0.1, -0.05) is 29.3 Å². The fourth-order valence-corrected chi connectivity index (χ4v) is 5.51. The molecule has 0 fully saturated rings. The van der Waals surface area contributed by atoms with Crippen molar-refractivity contribution in [2.45, 2.75) is 24.5 Å². The zero-order valence-corrected chi connectivity index (χ0v) is 18.0. The van der Waals surface area contributed by atoms with Gasteiger partial charge in [0.05, 0.1) is 12.0 Å². The van der Waals surface area contributed by atoms with E-state index in [1.165, 1.54) is 0 Å². The Balaban J connectivity index is 1.94. The minimum atomic E-state index is -3.57. The van der Waals surface area contributed by atoms with Crippen LogP contribution in [0.2, 0.25) is 10.0 Å². The molecule has 0 aliphatic heterocycles. The Morgan fingerprint density at radius 2 is 1.73 bits per heavy atom. The van der Waals surface area contributed by atoms with Gasteiger partial charge in [-0.15, -0.1) is 0 Å². The molecule has 0 amide bonds. The molecule has 0 unspecified atom stereocenters. The van der Waals surface area contributed by atoms with Crippen LogP contribution in [0.5, 0.6) is 5.75 Å². The van der Waals surface area contributed by atoms with Crippen LogP contribution in [-0.4, -0.2) is 27.8 Å². The van der Waals surface area contributed by atoms with Gasteiger partial charge in [0.1, 0.15) is 5.75 Å². The summed E-state index contributed by atoms with van der Waals surface area (Å²) < 4.78 is 33.0. The van der Waals surface area contributed by atoms with E-state index in [1.54, 1.807) is 56.1 Å². The Morgan fingerprint density at radius 3 is 2.35 bits per heavy atom. The first-order chi connectivity index (χ1) is 12.3. The van der Waals surface area contributed by atoms with Crippen LogP contribution >= 0.6 is 35.0 Å². The molecule has 0 saturated heterocycles. The van der Waals surface area contributed by atoms with E-state index in [4.69, 9.17) is 27.9 Å². The first-order valence-corrected chi connectivity index (χ1v) is 11.3. The molecule has 0 aliphatic rings. The number of benzene rings is 2. The van der Waals surface area contributed by atoms with Crippen LogP contribution in [-0.2, 0) is 15.8 Å². The zero-order chi connectivity index (χ0) is 19.3. The number of hydrogen-bond acceptors (Lipinski definition) is 4. The second-order valence-electron chi connectivity index (χ2n) is 5.67. The molecule has 4 nitrogen and oxygen atoms in total. The van der Waals surface area contributed by atoms with Crippen LogP contribution in [0.15, 0.2) is 35.2 Å². The highest BCUT2D eigenvalue weighted by Crippen LogP contribution is 2.28. The summed E-state index contributed by atoms with van der Waals surface area (Å²) in [5, 5.41) is 1.24. The lowest BCUT2D eigenvalue weighted by Gasteiger charge is -2.13. The van der Waals surface area contributed by atoms with Gasteiger partial charge in [-0.25, -0.2) is 13.1 Å². The number of rotatable bonds is 8. The highest BCUT2D eigenvalue weighted by molar-refractivity contribution is 7.98. The van der Waals surface area contributed by atoms with Gasteiger partial charge >= 0.3 is 0 Å². The lowest BCUT2D eigenvalue weighted by molar-refractivity contribution is 0.410. The molecule has 0 aliphatic carbocycles. The van der Waals surface area contributed by atoms with Crippen LogP contribution in [0.25, 0.3) is 0 Å². The Bertz CT molecular complexity index is 866. The summed E-state index contributed by atoms with van der Waals surface area (Å²) in [4.78, 5) is 0.273. The SMILES string of the molecule is COc1ccc(S(=O)(=O)NCCSCc2c(Cl)cccc2Cl)c(C)c1C. The van der Waals surface area contributed by atoms with E-state index >= 15 is 0 Å². The molecule has 0 aromatic heterocycles. The normalized spacial score (nSPS) is 11.6. The van der Waals surface area contributed by atoms with E-state index in [9.17, 15) is 8.42 Å². The molecular formula is C18H21Cl2NO3S2. The maximum Gasteiger partial charge on any atom is 0.240 e.